The zero-order valence-electron chi connectivity index (χ0n) is 11.0. The molecule has 0 unspecified atom stereocenters. The van der Waals surface area contributed by atoms with E-state index in [4.69, 9.17) is 16.9 Å². The third-order valence-electron chi connectivity index (χ3n) is 2.69. The number of rotatable bonds is 3. The monoisotopic (exact) mass is 289 g/mol. The summed E-state index contributed by atoms with van der Waals surface area (Å²) in [5.41, 5.74) is 15.2. The number of anilines is 1. The van der Waals surface area contributed by atoms with Crippen LogP contribution in [0.4, 0.5) is 17.1 Å². The maximum Gasteiger partial charge on any atom is 0.270 e. The molecule has 0 aliphatic carbocycles. The minimum atomic E-state index is 0. The van der Waals surface area contributed by atoms with Crippen LogP contribution in [0.5, 0.6) is 0 Å². The normalized spacial score (nSPS) is 10.2. The van der Waals surface area contributed by atoms with Crippen LogP contribution in [0.25, 0.3) is 0 Å². The molecular weight excluding hydrogens is 274 g/mol. The Labute approximate surface area is 123 Å². The molecule has 0 saturated heterocycles. The Morgan fingerprint density at radius 3 is 2.25 bits per heavy atom. The van der Waals surface area contributed by atoms with Gasteiger partial charge in [-0.25, -0.2) is 0 Å². The minimum absolute atomic E-state index is 0. The first-order chi connectivity index (χ1) is 9.06. The van der Waals surface area contributed by atoms with E-state index in [0.29, 0.717) is 0 Å². The number of hydrogen-bond acceptors (Lipinski definition) is 3. The molecular formula is C14H16ClN5. The average molecular weight is 290 g/mol. The number of hydrogen-bond donors (Lipinski definition) is 3. The summed E-state index contributed by atoms with van der Waals surface area (Å²) in [6.07, 6.45) is 0. The Balaban J connectivity index is 0.00000200. The van der Waals surface area contributed by atoms with Gasteiger partial charge in [0.25, 0.3) is 5.84 Å². The molecule has 0 aliphatic heterocycles. The number of nitrogen functional groups attached to an aromatic ring is 1. The molecule has 2 aromatic carbocycles. The van der Waals surface area contributed by atoms with Gasteiger partial charge in [0.15, 0.2) is 0 Å². The smallest absolute Gasteiger partial charge is 0.270 e. The van der Waals surface area contributed by atoms with Crippen molar-refractivity contribution in [2.24, 2.45) is 16.0 Å². The molecule has 20 heavy (non-hydrogen) atoms. The van der Waals surface area contributed by atoms with Crippen molar-refractivity contribution in [1.29, 1.82) is 0 Å². The van der Waals surface area contributed by atoms with Crippen LogP contribution in [0, 0.1) is 6.92 Å². The van der Waals surface area contributed by atoms with E-state index in [9.17, 15) is 0 Å². The molecule has 104 valence electrons. The second kappa shape index (κ2) is 6.68. The lowest BCUT2D eigenvalue weighted by Gasteiger charge is -2.00. The van der Waals surface area contributed by atoms with Crippen LogP contribution < -0.4 is 29.3 Å². The Hall–Kier alpha value is -2.40. The number of halogens is 1. The average Bonchev–Trinajstić information content (AvgIpc) is 2.38. The zero-order valence-corrected chi connectivity index (χ0v) is 11.8. The van der Waals surface area contributed by atoms with Gasteiger partial charge in [0, 0.05) is 5.69 Å². The molecule has 0 atom stereocenters. The van der Waals surface area contributed by atoms with Gasteiger partial charge in [-0.2, -0.15) is 10.2 Å². The quantitative estimate of drug-likeness (QED) is 0.276. The molecule has 0 radical (unpaired) electrons. The number of azo groups is 1. The standard InChI is InChI=1S/C14H15N5.ClH/c1-9-8-11(15)4-7-13(9)19-18-12-5-2-10(3-6-12)14(16)17;/h2-8H,15H2,1H3,(H3,16,17);1H. The van der Waals surface area contributed by atoms with Gasteiger partial charge in [-0.05, 0) is 55.0 Å². The topological polar surface area (TPSA) is 102 Å². The number of nitrogens with zero attached hydrogens (tertiary/aromatic N) is 2. The summed E-state index contributed by atoms with van der Waals surface area (Å²) in [6, 6.07) is 12.7. The maximum absolute atomic E-state index is 5.68. The molecule has 0 bridgehead atoms. The van der Waals surface area contributed by atoms with Crippen molar-refractivity contribution in [2.75, 3.05) is 5.73 Å². The van der Waals surface area contributed by atoms with Gasteiger partial charge < -0.3 is 18.1 Å². The predicted octanol–water partition coefficient (Wildman–Crippen LogP) is -1.54. The minimum Gasteiger partial charge on any atom is -1.00 e. The van der Waals surface area contributed by atoms with Gasteiger partial charge in [-0.15, -0.1) is 0 Å². The fourth-order valence-electron chi connectivity index (χ4n) is 1.62. The van der Waals surface area contributed by atoms with E-state index >= 15 is 0 Å². The molecule has 0 heterocycles. The van der Waals surface area contributed by atoms with Gasteiger partial charge >= 0.3 is 0 Å². The predicted molar refractivity (Wildman–Crippen MR) is 76.4 cm³/mol. The number of aryl methyl sites for hydroxylation is 1. The fourth-order valence-corrected chi connectivity index (χ4v) is 1.62. The van der Waals surface area contributed by atoms with Gasteiger partial charge in [-0.1, -0.05) is 0 Å². The lowest BCUT2D eigenvalue weighted by Crippen LogP contribution is -3.00. The molecule has 0 amide bonds. The van der Waals surface area contributed by atoms with Crippen LogP contribution in [-0.2, 0) is 0 Å². The highest BCUT2D eigenvalue weighted by Gasteiger charge is 2.01. The Bertz CT molecular complexity index is 635. The molecule has 0 fully saturated rings. The van der Waals surface area contributed by atoms with Crippen LogP contribution >= 0.6 is 0 Å². The molecule has 5 nitrogen and oxygen atoms in total. The third kappa shape index (κ3) is 3.80. The molecule has 0 aromatic heterocycles. The zero-order chi connectivity index (χ0) is 13.8. The van der Waals surface area contributed by atoms with Crippen LogP contribution in [-0.4, -0.2) is 5.84 Å². The first-order valence-corrected chi connectivity index (χ1v) is 5.82. The largest absolute Gasteiger partial charge is 1.00 e. The van der Waals surface area contributed by atoms with Gasteiger partial charge in [0.2, 0.25) is 0 Å². The van der Waals surface area contributed by atoms with Gasteiger partial charge in [-0.3, -0.25) is 11.1 Å². The number of nitrogens with two attached hydrogens (primary N) is 3. The van der Waals surface area contributed by atoms with Crippen LogP contribution in [0.3, 0.4) is 0 Å². The molecule has 2 aromatic rings. The van der Waals surface area contributed by atoms with E-state index in [1.807, 2.05) is 31.2 Å². The summed E-state index contributed by atoms with van der Waals surface area (Å²) in [4.78, 5) is 0. The highest BCUT2D eigenvalue weighted by atomic mass is 35.5. The molecule has 0 spiro atoms. The highest BCUT2D eigenvalue weighted by molar-refractivity contribution is 5.92. The highest BCUT2D eigenvalue weighted by Crippen LogP contribution is 2.23. The van der Waals surface area contributed by atoms with Crippen molar-refractivity contribution in [3.8, 4) is 0 Å². The van der Waals surface area contributed by atoms with E-state index < -0.39 is 0 Å². The van der Waals surface area contributed by atoms with Crippen LogP contribution in [0.2, 0.25) is 0 Å². The van der Waals surface area contributed by atoms with Crippen molar-refractivity contribution in [3.63, 3.8) is 0 Å². The summed E-state index contributed by atoms with van der Waals surface area (Å²) in [6.45, 7) is 1.94. The molecule has 6 heteroatoms. The first-order valence-electron chi connectivity index (χ1n) is 5.82. The van der Waals surface area contributed by atoms with Crippen LogP contribution in [0.15, 0.2) is 52.7 Å². The Morgan fingerprint density at radius 2 is 1.70 bits per heavy atom. The van der Waals surface area contributed by atoms with E-state index in [2.05, 4.69) is 10.2 Å². The fraction of sp³-hybridized carbons (Fsp3) is 0.0714. The van der Waals surface area contributed by atoms with Crippen molar-refractivity contribution in [2.45, 2.75) is 6.92 Å². The van der Waals surface area contributed by atoms with Crippen molar-refractivity contribution >= 4 is 22.9 Å². The summed E-state index contributed by atoms with van der Waals surface area (Å²) in [7, 11) is 0. The Morgan fingerprint density at radius 1 is 1.05 bits per heavy atom. The second-order valence-electron chi connectivity index (χ2n) is 4.25. The van der Waals surface area contributed by atoms with Gasteiger partial charge in [0.05, 0.1) is 16.9 Å². The molecule has 0 aliphatic rings. The maximum atomic E-state index is 5.68. The number of benzene rings is 2. The summed E-state index contributed by atoms with van der Waals surface area (Å²) in [5.74, 6) is 0.290. The van der Waals surface area contributed by atoms with E-state index in [1.165, 1.54) is 0 Å². The molecule has 0 saturated carbocycles. The van der Waals surface area contributed by atoms with Crippen molar-refractivity contribution in [3.05, 3.63) is 53.6 Å². The van der Waals surface area contributed by atoms with E-state index in [1.54, 1.807) is 18.2 Å². The van der Waals surface area contributed by atoms with E-state index in [0.717, 1.165) is 28.2 Å². The summed E-state index contributed by atoms with van der Waals surface area (Å²) in [5, 5.41) is 13.8. The van der Waals surface area contributed by atoms with Crippen molar-refractivity contribution < 1.29 is 17.8 Å². The lowest BCUT2D eigenvalue weighted by molar-refractivity contribution is -0.114. The number of amidine groups is 1. The van der Waals surface area contributed by atoms with Crippen molar-refractivity contribution in [1.82, 2.24) is 0 Å². The molecule has 6 N–H and O–H groups in total. The SMILES string of the molecule is Cc1cc(N)ccc1N=Nc1ccc(C(N)=[NH2+])cc1.[Cl-]. The summed E-state index contributed by atoms with van der Waals surface area (Å²) >= 11 is 0. The lowest BCUT2D eigenvalue weighted by atomic mass is 10.2. The van der Waals surface area contributed by atoms with E-state index in [-0.39, 0.29) is 18.2 Å². The van der Waals surface area contributed by atoms with Crippen LogP contribution in [0.1, 0.15) is 11.1 Å². The Kier molecular flexibility index (Phi) is 5.23. The second-order valence-corrected chi connectivity index (χ2v) is 4.25. The third-order valence-corrected chi connectivity index (χ3v) is 2.69. The summed E-state index contributed by atoms with van der Waals surface area (Å²) < 4.78 is 0. The van der Waals surface area contributed by atoms with Gasteiger partial charge in [0.1, 0.15) is 0 Å². The first kappa shape index (κ1) is 15.7. The molecule has 2 rings (SSSR count).